The fourth-order valence-corrected chi connectivity index (χ4v) is 3.48. The fourth-order valence-electron chi connectivity index (χ4n) is 2.74. The van der Waals surface area contributed by atoms with Crippen LogP contribution in [0, 0.1) is 5.92 Å². The van der Waals surface area contributed by atoms with Gasteiger partial charge in [0.05, 0.1) is 5.92 Å². The molecule has 0 aliphatic carbocycles. The first-order valence-corrected chi connectivity index (χ1v) is 9.77. The van der Waals surface area contributed by atoms with Gasteiger partial charge in [-0.3, -0.25) is 19.4 Å². The van der Waals surface area contributed by atoms with Crippen LogP contribution in [0.3, 0.4) is 0 Å². The van der Waals surface area contributed by atoms with Gasteiger partial charge in [0.1, 0.15) is 5.01 Å². The van der Waals surface area contributed by atoms with E-state index in [1.807, 2.05) is 26.2 Å². The number of pyridine rings is 1. The molecule has 1 unspecified atom stereocenters. The second-order valence-electron chi connectivity index (χ2n) is 6.69. The van der Waals surface area contributed by atoms with Crippen LogP contribution in [0.2, 0.25) is 0 Å². The van der Waals surface area contributed by atoms with Gasteiger partial charge in [0.2, 0.25) is 16.9 Å². The number of nitrogens with zero attached hydrogens (tertiary/aromatic N) is 5. The Balaban J connectivity index is 0.000000941. The molecule has 0 saturated carbocycles. The third-order valence-corrected chi connectivity index (χ3v) is 5.05. The van der Waals surface area contributed by atoms with Crippen LogP contribution in [0.1, 0.15) is 17.0 Å². The third-order valence-electron chi connectivity index (χ3n) is 4.15. The summed E-state index contributed by atoms with van der Waals surface area (Å²) in [6.45, 7) is 1.51. The number of carbonyl (C=O) groups is 3. The molecule has 1 aliphatic heterocycles. The molecule has 1 saturated heterocycles. The number of hydrogen-bond acceptors (Lipinski definition) is 8. The highest BCUT2D eigenvalue weighted by atomic mass is 32.1. The maximum atomic E-state index is 12.5. The van der Waals surface area contributed by atoms with Gasteiger partial charge in [0.15, 0.2) is 0 Å². The largest absolute Gasteiger partial charge is 0.483 e. The number of rotatable bonds is 7. The number of carbonyl (C=O) groups excluding carboxylic acids is 2. The molecule has 2 aromatic rings. The van der Waals surface area contributed by atoms with E-state index in [0.29, 0.717) is 18.2 Å². The van der Waals surface area contributed by atoms with E-state index < -0.39 is 0 Å². The van der Waals surface area contributed by atoms with Gasteiger partial charge in [-0.15, -0.1) is 10.2 Å². The van der Waals surface area contributed by atoms with Gasteiger partial charge >= 0.3 is 0 Å². The van der Waals surface area contributed by atoms with Crippen LogP contribution in [0.25, 0.3) is 0 Å². The lowest BCUT2D eigenvalue weighted by Gasteiger charge is -2.16. The Hall–Kier alpha value is -2.92. The van der Waals surface area contributed by atoms with Gasteiger partial charge in [-0.2, -0.15) is 0 Å². The minimum Gasteiger partial charge on any atom is -0.483 e. The smallest absolute Gasteiger partial charge is 0.290 e. The lowest BCUT2D eigenvalue weighted by molar-refractivity contribution is -0.128. The number of amides is 2. The summed E-state index contributed by atoms with van der Waals surface area (Å²) in [5.41, 5.74) is 0.955. The molecular weight excluding hydrogens is 396 g/mol. The van der Waals surface area contributed by atoms with E-state index in [0.717, 1.165) is 23.5 Å². The molecular formula is C18H24N6O4S. The van der Waals surface area contributed by atoms with Crippen molar-refractivity contribution in [2.75, 3.05) is 32.5 Å². The quantitative estimate of drug-likeness (QED) is 0.627. The minimum absolute atomic E-state index is 0.0158. The zero-order valence-corrected chi connectivity index (χ0v) is 17.1. The molecule has 0 aromatic carbocycles. The number of nitrogens with one attached hydrogen (secondary N) is 1. The second-order valence-corrected chi connectivity index (χ2v) is 7.75. The average Bonchev–Trinajstić information content (AvgIpc) is 3.28. The average molecular weight is 420 g/mol. The minimum atomic E-state index is -0.367. The molecule has 29 heavy (non-hydrogen) atoms. The zero-order chi connectivity index (χ0) is 21.2. The molecule has 156 valence electrons. The molecule has 0 spiro atoms. The lowest BCUT2D eigenvalue weighted by Crippen LogP contribution is -2.28. The molecule has 11 heteroatoms. The molecule has 1 aliphatic rings. The normalized spacial score (nSPS) is 15.8. The number of likely N-dealkylation sites (N-methyl/N-ethyl adjacent to an activating group) is 1. The van der Waals surface area contributed by atoms with Crippen molar-refractivity contribution in [1.29, 1.82) is 0 Å². The van der Waals surface area contributed by atoms with Crippen LogP contribution in [0.15, 0.2) is 24.5 Å². The standard InChI is InChI=1S/C17H22N6O2S.CH2O2/c1-22(2)7-5-14-20-21-17(26-14)19-16(25)13-8-15(24)23(11-13)10-12-4-3-6-18-9-12;2-1-3/h3-4,6,9,13H,5,7-8,10-11H2,1-2H3,(H,19,21,25);1H,(H,2,3). The first kappa shape index (κ1) is 22.4. The predicted molar refractivity (Wildman–Crippen MR) is 107 cm³/mol. The highest BCUT2D eigenvalue weighted by molar-refractivity contribution is 7.15. The van der Waals surface area contributed by atoms with Gasteiger partial charge in [-0.25, -0.2) is 0 Å². The van der Waals surface area contributed by atoms with Crippen LogP contribution in [0.5, 0.6) is 0 Å². The third kappa shape index (κ3) is 7.20. The van der Waals surface area contributed by atoms with Crippen LogP contribution in [-0.2, 0) is 27.3 Å². The monoisotopic (exact) mass is 420 g/mol. The molecule has 1 fully saturated rings. The Labute approximate surface area is 172 Å². The maximum Gasteiger partial charge on any atom is 0.290 e. The highest BCUT2D eigenvalue weighted by Gasteiger charge is 2.34. The van der Waals surface area contributed by atoms with Crippen molar-refractivity contribution in [3.63, 3.8) is 0 Å². The molecule has 2 N–H and O–H groups in total. The molecule has 0 radical (unpaired) electrons. The van der Waals surface area contributed by atoms with E-state index in [9.17, 15) is 9.59 Å². The first-order chi connectivity index (χ1) is 13.9. The van der Waals surface area contributed by atoms with Crippen molar-refractivity contribution in [3.05, 3.63) is 35.1 Å². The SMILES string of the molecule is CN(C)CCc1nnc(NC(=O)C2CC(=O)N(Cc3cccnc3)C2)s1.O=CO. The van der Waals surface area contributed by atoms with Gasteiger partial charge in [0, 0.05) is 44.9 Å². The molecule has 3 heterocycles. The van der Waals surface area contributed by atoms with Crippen molar-refractivity contribution >= 4 is 34.8 Å². The van der Waals surface area contributed by atoms with Gasteiger partial charge < -0.3 is 20.2 Å². The van der Waals surface area contributed by atoms with Gasteiger partial charge in [0.25, 0.3) is 6.47 Å². The van der Waals surface area contributed by atoms with E-state index >= 15 is 0 Å². The summed E-state index contributed by atoms with van der Waals surface area (Å²) in [6.07, 6.45) is 4.44. The maximum absolute atomic E-state index is 12.5. The van der Waals surface area contributed by atoms with Crippen molar-refractivity contribution < 1.29 is 19.5 Å². The molecule has 2 amide bonds. The lowest BCUT2D eigenvalue weighted by atomic mass is 10.1. The first-order valence-electron chi connectivity index (χ1n) is 8.95. The van der Waals surface area contributed by atoms with Crippen LogP contribution in [0.4, 0.5) is 5.13 Å². The zero-order valence-electron chi connectivity index (χ0n) is 16.3. The molecule has 2 aromatic heterocycles. The number of likely N-dealkylation sites (tertiary alicyclic amines) is 1. The van der Waals surface area contributed by atoms with E-state index in [-0.39, 0.29) is 30.6 Å². The van der Waals surface area contributed by atoms with E-state index in [1.54, 1.807) is 17.3 Å². The summed E-state index contributed by atoms with van der Waals surface area (Å²) in [4.78, 5) is 40.8. The Morgan fingerprint density at radius 3 is 2.86 bits per heavy atom. The number of hydrogen-bond donors (Lipinski definition) is 2. The van der Waals surface area contributed by atoms with Crippen LogP contribution < -0.4 is 5.32 Å². The fraction of sp³-hybridized carbons (Fsp3) is 0.444. The molecule has 0 bridgehead atoms. The predicted octanol–water partition coefficient (Wildman–Crippen LogP) is 0.725. The highest BCUT2D eigenvalue weighted by Crippen LogP contribution is 2.23. The number of aromatic nitrogens is 3. The summed E-state index contributed by atoms with van der Waals surface area (Å²) in [5.74, 6) is -0.561. The summed E-state index contributed by atoms with van der Waals surface area (Å²) in [6, 6.07) is 3.76. The Bertz CT molecular complexity index is 814. The van der Waals surface area contributed by atoms with Crippen molar-refractivity contribution in [2.45, 2.75) is 19.4 Å². The Morgan fingerprint density at radius 2 is 2.21 bits per heavy atom. The summed E-state index contributed by atoms with van der Waals surface area (Å²) < 4.78 is 0. The van der Waals surface area contributed by atoms with Gasteiger partial charge in [-0.1, -0.05) is 17.4 Å². The Kier molecular flexibility index (Phi) is 8.62. The summed E-state index contributed by atoms with van der Waals surface area (Å²) in [7, 11) is 4.00. The van der Waals surface area contributed by atoms with Crippen LogP contribution in [-0.4, -0.2) is 75.6 Å². The number of carboxylic acid groups (broad SMARTS) is 1. The second kappa shape index (κ2) is 11.2. The summed E-state index contributed by atoms with van der Waals surface area (Å²) in [5, 5.41) is 19.2. The molecule has 10 nitrogen and oxygen atoms in total. The van der Waals surface area contributed by atoms with Crippen molar-refractivity contribution in [2.24, 2.45) is 5.92 Å². The van der Waals surface area contributed by atoms with Gasteiger partial charge in [-0.05, 0) is 25.7 Å². The Morgan fingerprint density at radius 1 is 1.45 bits per heavy atom. The van der Waals surface area contributed by atoms with E-state index in [4.69, 9.17) is 9.90 Å². The van der Waals surface area contributed by atoms with Crippen molar-refractivity contribution in [1.82, 2.24) is 25.0 Å². The number of anilines is 1. The molecule has 3 rings (SSSR count). The van der Waals surface area contributed by atoms with Crippen LogP contribution >= 0.6 is 11.3 Å². The van der Waals surface area contributed by atoms with E-state index in [1.165, 1.54) is 11.3 Å². The van der Waals surface area contributed by atoms with Crippen molar-refractivity contribution in [3.8, 4) is 0 Å². The topological polar surface area (TPSA) is 129 Å². The molecule has 1 atom stereocenters. The van der Waals surface area contributed by atoms with E-state index in [2.05, 4.69) is 25.4 Å². The summed E-state index contributed by atoms with van der Waals surface area (Å²) >= 11 is 1.38.